The second-order valence-corrected chi connectivity index (χ2v) is 22.5. The van der Waals surface area contributed by atoms with Gasteiger partial charge in [0, 0.05) is 89.1 Å². The van der Waals surface area contributed by atoms with Gasteiger partial charge in [-0.1, -0.05) is 60.7 Å². The second-order valence-electron chi connectivity index (χ2n) is 22.5. The number of methoxy groups -OCH3 is 2. The van der Waals surface area contributed by atoms with E-state index in [2.05, 4.69) is 59.5 Å². The third kappa shape index (κ3) is 30.8. The van der Waals surface area contributed by atoms with Crippen molar-refractivity contribution in [1.82, 2.24) is 29.9 Å². The van der Waals surface area contributed by atoms with E-state index in [1.165, 1.54) is 0 Å². The number of ether oxygens (including phenoxy) is 10. The van der Waals surface area contributed by atoms with Crippen LogP contribution in [0.5, 0.6) is 0 Å². The molecular weight excluding hydrogens is 1190 g/mol. The Morgan fingerprint density at radius 3 is 1.33 bits per heavy atom. The molecule has 4 aromatic heterocycles. The van der Waals surface area contributed by atoms with E-state index in [1.807, 2.05) is 105 Å². The Morgan fingerprint density at radius 1 is 0.505 bits per heavy atom. The summed E-state index contributed by atoms with van der Waals surface area (Å²) in [5.74, 6) is 0.279. The Hall–Kier alpha value is -7.56. The van der Waals surface area contributed by atoms with Crippen LogP contribution < -0.4 is 31.5 Å². The zero-order valence-corrected chi connectivity index (χ0v) is 55.1. The number of aromatic nitrogens is 6. The fourth-order valence-corrected chi connectivity index (χ4v) is 9.55. The largest absolute Gasteiger partial charge is 0.480 e. The first-order chi connectivity index (χ1) is 45.3. The van der Waals surface area contributed by atoms with Crippen LogP contribution in [-0.2, 0) is 83.0 Å². The van der Waals surface area contributed by atoms with Crippen molar-refractivity contribution in [2.45, 2.75) is 104 Å². The van der Waals surface area contributed by atoms with Gasteiger partial charge < -0.3 is 84.0 Å². The lowest BCUT2D eigenvalue weighted by Crippen LogP contribution is -2.37. The number of pyridine rings is 2. The summed E-state index contributed by atoms with van der Waals surface area (Å²) in [6, 6.07) is 28.1. The number of carboxylic acid groups (broad SMARTS) is 1. The number of hydrogen-bond acceptors (Lipinski definition) is 23. The molecule has 25 nitrogen and oxygen atoms in total. The van der Waals surface area contributed by atoms with Crippen LogP contribution in [0.25, 0.3) is 0 Å². The van der Waals surface area contributed by atoms with E-state index in [0.29, 0.717) is 128 Å². The van der Waals surface area contributed by atoms with Gasteiger partial charge in [0.05, 0.1) is 151 Å². The van der Waals surface area contributed by atoms with E-state index in [4.69, 9.17) is 68.2 Å². The smallest absolute Gasteiger partial charge is 0.329 e. The summed E-state index contributed by atoms with van der Waals surface area (Å²) in [6.45, 7) is 17.8. The molecule has 6 N–H and O–H groups in total. The molecular formula is C68H98N12O13. The van der Waals surface area contributed by atoms with Crippen LogP contribution in [0.15, 0.2) is 110 Å². The number of nitrogens with one attached hydrogen (secondary N) is 3. The zero-order valence-electron chi connectivity index (χ0n) is 55.1. The topological polar surface area (TPSA) is 293 Å². The first-order valence-electron chi connectivity index (χ1n) is 32.0. The van der Waals surface area contributed by atoms with Crippen LogP contribution in [0.2, 0.25) is 0 Å². The molecule has 0 spiro atoms. The molecule has 2 aromatic carbocycles. The molecule has 508 valence electrons. The number of amides is 1. The van der Waals surface area contributed by atoms with Crippen LogP contribution in [-0.4, -0.2) is 204 Å². The van der Waals surface area contributed by atoms with Gasteiger partial charge in [0.25, 0.3) is 0 Å². The SMILES string of the molecule is COC1CCN(c2nccc(Cc3cc(NC(C)C)c(N)cn3)n2)CC1.COC1CCN(c2nccc(Cc3cc(NC(C)C)c(NC(=O)COCCOCCOCCOCCOCCOCc4ccccc4)cn3)n2)CC1.O=C(O)COCCOCc1ccccc1. The van der Waals surface area contributed by atoms with Gasteiger partial charge in [-0.25, -0.2) is 24.7 Å². The highest BCUT2D eigenvalue weighted by Crippen LogP contribution is 2.26. The Labute approximate surface area is 548 Å². The second kappa shape index (κ2) is 44.1. The standard InChI is InChI=1S/C38H56N6O8.C19H28N6O.C11H14O4/c1-30(2)41-35-26-33(25-32-9-12-39-38(42-32)44-13-10-34(46-3)11-14-44)40-27-36(35)43-37(45)29-52-24-22-50-20-18-48-16-15-47-17-19-49-21-23-51-28-31-7-5-4-6-8-31;1-13(2)23-18-11-15(22-12-17(18)20)10-14-4-7-21-19(24-14)25-8-5-16(26-3)6-9-25;12-11(13)9-15-7-6-14-8-10-4-2-1-3-5-10/h4-9,12,26-27,30,34H,10-11,13-25,28-29H2,1-3H3,(H,40,41)(H,43,45);4,7,11-13,16H,5-6,8-10,20H2,1-3H3,(H,22,23);1-5H,6-9H2,(H,12,13). The molecule has 6 heterocycles. The van der Waals surface area contributed by atoms with Gasteiger partial charge in [0.15, 0.2) is 0 Å². The van der Waals surface area contributed by atoms with Crippen molar-refractivity contribution >= 4 is 46.5 Å². The number of piperidine rings is 2. The Kier molecular flexibility index (Phi) is 35.3. The zero-order chi connectivity index (χ0) is 66.1. The van der Waals surface area contributed by atoms with Crippen molar-refractivity contribution in [2.75, 3.05) is 164 Å². The number of rotatable bonds is 39. The lowest BCUT2D eigenvalue weighted by molar-refractivity contribution is -0.142. The molecule has 1 amide bonds. The summed E-state index contributed by atoms with van der Waals surface area (Å²) in [5, 5.41) is 18.0. The number of nitrogens with zero attached hydrogens (tertiary/aromatic N) is 8. The normalized spacial score (nSPS) is 13.5. The van der Waals surface area contributed by atoms with Crippen molar-refractivity contribution in [2.24, 2.45) is 0 Å². The van der Waals surface area contributed by atoms with Crippen LogP contribution in [0.4, 0.5) is 34.6 Å². The third-order valence-electron chi connectivity index (χ3n) is 14.3. The maximum atomic E-state index is 12.7. The molecule has 2 saturated heterocycles. The number of aliphatic carboxylic acids is 1. The average Bonchev–Trinajstić information content (AvgIpc) is 1.41. The van der Waals surface area contributed by atoms with Crippen molar-refractivity contribution < 1.29 is 62.1 Å². The molecule has 2 aliphatic rings. The van der Waals surface area contributed by atoms with E-state index in [1.54, 1.807) is 32.8 Å². The van der Waals surface area contributed by atoms with Gasteiger partial charge in [0.2, 0.25) is 17.8 Å². The lowest BCUT2D eigenvalue weighted by atomic mass is 10.1. The number of anilines is 6. The third-order valence-corrected chi connectivity index (χ3v) is 14.3. The minimum Gasteiger partial charge on any atom is -0.480 e. The van der Waals surface area contributed by atoms with Gasteiger partial charge in [0.1, 0.15) is 13.2 Å². The van der Waals surface area contributed by atoms with Crippen LogP contribution in [0.3, 0.4) is 0 Å². The van der Waals surface area contributed by atoms with Gasteiger partial charge >= 0.3 is 5.97 Å². The molecule has 0 bridgehead atoms. The number of nitrogen functional groups attached to an aromatic ring is 1. The van der Waals surface area contributed by atoms with E-state index < -0.39 is 5.97 Å². The number of carbonyl (C=O) groups is 2. The fraction of sp³-hybridized carbons (Fsp3) is 0.529. The number of hydrogen-bond donors (Lipinski definition) is 5. The quantitative estimate of drug-likeness (QED) is 0.0229. The first-order valence-corrected chi connectivity index (χ1v) is 32.0. The van der Waals surface area contributed by atoms with E-state index >= 15 is 0 Å². The summed E-state index contributed by atoms with van der Waals surface area (Å²) >= 11 is 0. The molecule has 0 aliphatic carbocycles. The molecule has 0 unspecified atom stereocenters. The number of nitrogens with two attached hydrogens (primary N) is 1. The number of carboxylic acids is 1. The predicted molar refractivity (Wildman–Crippen MR) is 358 cm³/mol. The van der Waals surface area contributed by atoms with E-state index in [0.717, 1.165) is 109 Å². The Balaban J connectivity index is 0.000000273. The number of benzene rings is 2. The molecule has 25 heteroatoms. The highest BCUT2D eigenvalue weighted by Gasteiger charge is 2.23. The maximum absolute atomic E-state index is 12.7. The first kappa shape index (κ1) is 74.5. The van der Waals surface area contributed by atoms with Gasteiger partial charge in [-0.15, -0.1) is 0 Å². The summed E-state index contributed by atoms with van der Waals surface area (Å²) in [4.78, 5) is 54.7. The van der Waals surface area contributed by atoms with Gasteiger partial charge in [-0.3, -0.25) is 14.8 Å². The molecule has 0 radical (unpaired) electrons. The minimum atomic E-state index is -0.960. The highest BCUT2D eigenvalue weighted by atomic mass is 16.6. The molecule has 93 heavy (non-hydrogen) atoms. The van der Waals surface area contributed by atoms with Gasteiger partial charge in [-0.2, -0.15) is 0 Å². The lowest BCUT2D eigenvalue weighted by Gasteiger charge is -2.31. The van der Waals surface area contributed by atoms with Crippen LogP contribution in [0, 0.1) is 0 Å². The van der Waals surface area contributed by atoms with Crippen LogP contribution >= 0.6 is 0 Å². The summed E-state index contributed by atoms with van der Waals surface area (Å²) in [7, 11) is 3.54. The highest BCUT2D eigenvalue weighted by molar-refractivity contribution is 5.94. The molecule has 8 rings (SSSR count). The van der Waals surface area contributed by atoms with Crippen molar-refractivity contribution in [1.29, 1.82) is 0 Å². The molecule has 2 aliphatic heterocycles. The van der Waals surface area contributed by atoms with E-state index in [9.17, 15) is 9.59 Å². The van der Waals surface area contributed by atoms with Crippen LogP contribution in [0.1, 0.15) is 87.3 Å². The Bertz CT molecular complexity index is 3000. The average molecular weight is 1290 g/mol. The van der Waals surface area contributed by atoms with E-state index in [-0.39, 0.29) is 31.8 Å². The van der Waals surface area contributed by atoms with Gasteiger partial charge in [-0.05, 0) is 88.8 Å². The van der Waals surface area contributed by atoms with Crippen molar-refractivity contribution in [3.8, 4) is 0 Å². The fourth-order valence-electron chi connectivity index (χ4n) is 9.55. The summed E-state index contributed by atoms with van der Waals surface area (Å²) in [6.07, 6.45) is 12.8. The predicted octanol–water partition coefficient (Wildman–Crippen LogP) is 7.92. The van der Waals surface area contributed by atoms with Crippen molar-refractivity contribution in [3.05, 3.63) is 144 Å². The number of carbonyl (C=O) groups excluding carboxylic acids is 1. The molecule has 6 aromatic rings. The summed E-state index contributed by atoms with van der Waals surface area (Å²) in [5.41, 5.74) is 14.8. The Morgan fingerprint density at radius 2 is 0.903 bits per heavy atom. The molecule has 0 saturated carbocycles. The molecule has 2 fully saturated rings. The maximum Gasteiger partial charge on any atom is 0.329 e. The summed E-state index contributed by atoms with van der Waals surface area (Å²) < 4.78 is 54.2. The van der Waals surface area contributed by atoms with Crippen molar-refractivity contribution in [3.63, 3.8) is 0 Å². The minimum absolute atomic E-state index is 0.101. The molecule has 0 atom stereocenters. The monoisotopic (exact) mass is 1290 g/mol.